The smallest absolute Gasteiger partial charge is 0.404 e. The number of para-hydroxylation sites is 2. The van der Waals surface area contributed by atoms with Crippen LogP contribution in [0.15, 0.2) is 73.1 Å². The first-order valence-electron chi connectivity index (χ1n) is 9.49. The number of nitrogens with zero attached hydrogens (tertiary/aromatic N) is 2. The van der Waals surface area contributed by atoms with Crippen LogP contribution in [0, 0.1) is 0 Å². The molecule has 2 aromatic carbocycles. The molecule has 3 rings (SSSR count). The summed E-state index contributed by atoms with van der Waals surface area (Å²) < 4.78 is 75.7. The van der Waals surface area contributed by atoms with E-state index in [-0.39, 0.29) is 13.1 Å². The summed E-state index contributed by atoms with van der Waals surface area (Å²) in [5.74, 6) is -0.605. The number of halogens is 3. The molecule has 0 aliphatic heterocycles. The van der Waals surface area contributed by atoms with Crippen molar-refractivity contribution in [2.45, 2.75) is 19.3 Å². The molecule has 0 saturated carbocycles. The number of pyridine rings is 1. The van der Waals surface area contributed by atoms with Crippen LogP contribution in [0.25, 0.3) is 0 Å². The maximum atomic E-state index is 12.9. The molecule has 0 bridgehead atoms. The Kier molecular flexibility index (Phi) is 7.37. The van der Waals surface area contributed by atoms with Gasteiger partial charge in [0.25, 0.3) is 0 Å². The van der Waals surface area contributed by atoms with Crippen LogP contribution in [0.5, 0.6) is 17.2 Å². The molecule has 0 aliphatic carbocycles. The van der Waals surface area contributed by atoms with E-state index < -0.39 is 22.0 Å². The van der Waals surface area contributed by atoms with Crippen molar-refractivity contribution in [1.29, 1.82) is 0 Å². The van der Waals surface area contributed by atoms with Gasteiger partial charge in [0.15, 0.2) is 17.3 Å². The van der Waals surface area contributed by atoms with Gasteiger partial charge in [0.05, 0.1) is 7.11 Å². The Morgan fingerprint density at radius 3 is 2.28 bits per heavy atom. The second kappa shape index (κ2) is 10.0. The first-order valence-corrected chi connectivity index (χ1v) is 11.1. The predicted octanol–water partition coefficient (Wildman–Crippen LogP) is 4.78. The van der Waals surface area contributed by atoms with E-state index in [0.29, 0.717) is 28.4 Å². The predicted molar refractivity (Wildman–Crippen MR) is 113 cm³/mol. The molecule has 0 radical (unpaired) electrons. The van der Waals surface area contributed by atoms with Crippen molar-refractivity contribution in [3.05, 3.63) is 84.2 Å². The Morgan fingerprint density at radius 1 is 0.938 bits per heavy atom. The highest BCUT2D eigenvalue weighted by Gasteiger charge is 2.38. The van der Waals surface area contributed by atoms with Crippen molar-refractivity contribution >= 4 is 10.0 Å². The van der Waals surface area contributed by atoms with Gasteiger partial charge in [-0.15, -0.1) is 0 Å². The second-order valence-electron chi connectivity index (χ2n) is 6.90. The average Bonchev–Trinajstić information content (AvgIpc) is 2.73. The maximum Gasteiger partial charge on any atom is 0.404 e. The first kappa shape index (κ1) is 23.6. The van der Waals surface area contributed by atoms with E-state index in [1.165, 1.54) is 19.5 Å². The topological polar surface area (TPSA) is 68.7 Å². The largest absolute Gasteiger partial charge is 0.493 e. The van der Waals surface area contributed by atoms with Crippen LogP contribution in [0.3, 0.4) is 0 Å². The molecule has 10 heteroatoms. The standard InChI is InChI=1S/C22H21F3N2O4S/c1-30-20-9-2-3-10-21(20)31-19-8-4-6-17(12-19)14-27(15-18-7-5-11-26-13-18)32(28,29)16-22(23,24)25/h2-13H,14-16H2,1H3. The molecule has 32 heavy (non-hydrogen) atoms. The fraction of sp³-hybridized carbons (Fsp3) is 0.227. The molecule has 3 aromatic rings. The number of benzene rings is 2. The van der Waals surface area contributed by atoms with Crippen LogP contribution in [-0.2, 0) is 23.1 Å². The Labute approximate surface area is 184 Å². The summed E-state index contributed by atoms with van der Waals surface area (Å²) in [6.07, 6.45) is -1.95. The normalized spacial score (nSPS) is 12.0. The lowest BCUT2D eigenvalue weighted by Gasteiger charge is -2.23. The van der Waals surface area contributed by atoms with E-state index in [1.54, 1.807) is 60.7 Å². The monoisotopic (exact) mass is 466 g/mol. The van der Waals surface area contributed by atoms with E-state index in [1.807, 2.05) is 0 Å². The number of aromatic nitrogens is 1. The Bertz CT molecular complexity index is 1140. The van der Waals surface area contributed by atoms with Gasteiger partial charge < -0.3 is 9.47 Å². The van der Waals surface area contributed by atoms with E-state index in [0.717, 1.165) is 4.31 Å². The molecule has 0 unspecified atom stereocenters. The number of ether oxygens (including phenoxy) is 2. The molecule has 0 amide bonds. The van der Waals surface area contributed by atoms with Crippen molar-refractivity contribution in [1.82, 2.24) is 9.29 Å². The minimum Gasteiger partial charge on any atom is -0.493 e. The summed E-state index contributed by atoms with van der Waals surface area (Å²) >= 11 is 0. The molecular weight excluding hydrogens is 445 g/mol. The van der Waals surface area contributed by atoms with Crippen molar-refractivity contribution < 1.29 is 31.1 Å². The molecule has 0 spiro atoms. The minimum absolute atomic E-state index is 0.246. The fourth-order valence-electron chi connectivity index (χ4n) is 2.99. The molecule has 0 saturated heterocycles. The summed E-state index contributed by atoms with van der Waals surface area (Å²) in [6.45, 7) is -0.514. The number of rotatable bonds is 9. The quantitative estimate of drug-likeness (QED) is 0.454. The fourth-order valence-corrected chi connectivity index (χ4v) is 4.27. The van der Waals surface area contributed by atoms with Crippen LogP contribution in [0.4, 0.5) is 13.2 Å². The molecule has 0 N–H and O–H groups in total. The van der Waals surface area contributed by atoms with E-state index in [4.69, 9.17) is 9.47 Å². The summed E-state index contributed by atoms with van der Waals surface area (Å²) in [5, 5.41) is 0. The molecule has 6 nitrogen and oxygen atoms in total. The van der Waals surface area contributed by atoms with E-state index >= 15 is 0 Å². The van der Waals surface area contributed by atoms with E-state index in [9.17, 15) is 21.6 Å². The highest BCUT2D eigenvalue weighted by Crippen LogP contribution is 2.31. The molecular formula is C22H21F3N2O4S. The number of sulfonamides is 1. The third-order valence-corrected chi connectivity index (χ3v) is 6.11. The first-order chi connectivity index (χ1) is 15.2. The van der Waals surface area contributed by atoms with Crippen LogP contribution >= 0.6 is 0 Å². The lowest BCUT2D eigenvalue weighted by atomic mass is 10.2. The zero-order chi connectivity index (χ0) is 23.2. The number of alkyl halides is 3. The zero-order valence-corrected chi connectivity index (χ0v) is 17.9. The lowest BCUT2D eigenvalue weighted by molar-refractivity contribution is -0.107. The minimum atomic E-state index is -4.86. The molecule has 170 valence electrons. The lowest BCUT2D eigenvalue weighted by Crippen LogP contribution is -2.37. The van der Waals surface area contributed by atoms with E-state index in [2.05, 4.69) is 4.98 Å². The van der Waals surface area contributed by atoms with Gasteiger partial charge in [-0.2, -0.15) is 17.5 Å². The van der Waals surface area contributed by atoms with Gasteiger partial charge in [-0.25, -0.2) is 8.42 Å². The van der Waals surface area contributed by atoms with Crippen molar-refractivity contribution in [3.8, 4) is 17.2 Å². The molecule has 0 atom stereocenters. The summed E-state index contributed by atoms with van der Waals surface area (Å²) in [5.41, 5.74) is 0.937. The second-order valence-corrected chi connectivity index (χ2v) is 8.87. The van der Waals surface area contributed by atoms with Gasteiger partial charge in [0, 0.05) is 25.5 Å². The van der Waals surface area contributed by atoms with Crippen LogP contribution < -0.4 is 9.47 Å². The molecule has 1 aromatic heterocycles. The third kappa shape index (κ3) is 6.69. The van der Waals surface area contributed by atoms with Gasteiger partial charge >= 0.3 is 6.18 Å². The Hall–Kier alpha value is -3.11. The van der Waals surface area contributed by atoms with Crippen molar-refractivity contribution in [2.24, 2.45) is 0 Å². The zero-order valence-electron chi connectivity index (χ0n) is 17.1. The molecule has 0 fully saturated rings. The SMILES string of the molecule is COc1ccccc1Oc1cccc(CN(Cc2cccnc2)S(=O)(=O)CC(F)(F)F)c1. The number of methoxy groups -OCH3 is 1. The Balaban J connectivity index is 1.86. The number of hydrogen-bond donors (Lipinski definition) is 0. The van der Waals surface area contributed by atoms with Gasteiger partial charge in [0.1, 0.15) is 5.75 Å². The summed E-state index contributed by atoms with van der Waals surface area (Å²) in [6, 6.07) is 16.7. The maximum absolute atomic E-state index is 12.9. The summed E-state index contributed by atoms with van der Waals surface area (Å²) in [4.78, 5) is 3.90. The molecule has 1 heterocycles. The Morgan fingerprint density at radius 2 is 1.62 bits per heavy atom. The van der Waals surface area contributed by atoms with Gasteiger partial charge in [-0.05, 0) is 41.5 Å². The van der Waals surface area contributed by atoms with Crippen LogP contribution in [-0.4, -0.2) is 36.7 Å². The van der Waals surface area contributed by atoms with Crippen molar-refractivity contribution in [3.63, 3.8) is 0 Å². The van der Waals surface area contributed by atoms with Gasteiger partial charge in [0.2, 0.25) is 10.0 Å². The van der Waals surface area contributed by atoms with Crippen LogP contribution in [0.1, 0.15) is 11.1 Å². The third-order valence-electron chi connectivity index (χ3n) is 4.38. The van der Waals surface area contributed by atoms with Gasteiger partial charge in [-0.1, -0.05) is 30.3 Å². The van der Waals surface area contributed by atoms with Crippen molar-refractivity contribution in [2.75, 3.05) is 12.9 Å². The highest BCUT2D eigenvalue weighted by molar-refractivity contribution is 7.89. The van der Waals surface area contributed by atoms with Crippen LogP contribution in [0.2, 0.25) is 0 Å². The highest BCUT2D eigenvalue weighted by atomic mass is 32.2. The average molecular weight is 466 g/mol. The van der Waals surface area contributed by atoms with Gasteiger partial charge in [-0.3, -0.25) is 4.98 Å². The number of hydrogen-bond acceptors (Lipinski definition) is 5. The summed E-state index contributed by atoms with van der Waals surface area (Å²) in [7, 11) is -3.14. The molecule has 0 aliphatic rings.